The Balaban J connectivity index is 1.05. The lowest BCUT2D eigenvalue weighted by Crippen LogP contribution is -2.16. The molecular formula is C97H60N6. The highest BCUT2D eigenvalue weighted by Crippen LogP contribution is 2.54. The first-order valence-corrected chi connectivity index (χ1v) is 35.2. The van der Waals surface area contributed by atoms with Crippen LogP contribution in [0.3, 0.4) is 0 Å². The van der Waals surface area contributed by atoms with E-state index >= 15 is 0 Å². The van der Waals surface area contributed by atoms with E-state index < -0.39 is 0 Å². The second-order valence-corrected chi connectivity index (χ2v) is 27.0. The Kier molecular flexibility index (Phi) is 13.0. The molecule has 0 aliphatic carbocycles. The van der Waals surface area contributed by atoms with Gasteiger partial charge in [-0.25, -0.2) is 0 Å². The van der Waals surface area contributed by atoms with Crippen molar-refractivity contribution in [3.8, 4) is 90.1 Å². The van der Waals surface area contributed by atoms with Crippen LogP contribution in [-0.2, 0) is 0 Å². The van der Waals surface area contributed by atoms with Crippen LogP contribution in [0.1, 0.15) is 5.56 Å². The Bertz CT molecular complexity index is 6440. The maximum absolute atomic E-state index is 13.6. The standard InChI is InChI=1S/C97H60N6/c98-61-82-94(100-84-42-22-16-36-72(84)73-37-17-23-43-85(73)100)96(102-89-51-46-66(62-26-6-1-7-27-62)56-78(89)79-57-67(47-52-90(79)102)63-28-8-2-9-29-63)93(70-50-55-88-77(60-70)76-40-20-21-41-83(76)99(88)71-34-14-5-15-35-71)97(95(82)101-86-44-24-18-38-74(86)75-39-19-25-45-87(75)101)103-91-53-48-68(64-30-10-3-11-31-64)58-80(91)81-59-69(49-54-92(81)103)65-32-12-4-13-33-65/h1-60H. The van der Waals surface area contributed by atoms with Gasteiger partial charge in [0.05, 0.1) is 77.9 Å². The van der Waals surface area contributed by atoms with Crippen molar-refractivity contribution in [3.05, 3.63) is 370 Å². The average molecular weight is 1310 g/mol. The van der Waals surface area contributed by atoms with Gasteiger partial charge in [-0.2, -0.15) is 5.26 Å². The molecule has 6 nitrogen and oxygen atoms in total. The number of para-hydroxylation sites is 6. The van der Waals surface area contributed by atoms with Gasteiger partial charge in [-0.15, -0.1) is 0 Å². The third-order valence-corrected chi connectivity index (χ3v) is 21.5. The first-order chi connectivity index (χ1) is 51.1. The minimum atomic E-state index is 0.502. The van der Waals surface area contributed by atoms with Crippen molar-refractivity contribution in [2.45, 2.75) is 0 Å². The lowest BCUT2D eigenvalue weighted by atomic mass is 9.92. The largest absolute Gasteiger partial charge is 0.309 e. The molecule has 0 N–H and O–H groups in total. The van der Waals surface area contributed by atoms with Crippen LogP contribution in [0.4, 0.5) is 0 Å². The molecule has 0 amide bonds. The molecule has 0 radical (unpaired) electrons. The molecule has 5 heterocycles. The predicted molar refractivity (Wildman–Crippen MR) is 430 cm³/mol. The Hall–Kier alpha value is -14.0. The molecule has 21 aromatic rings. The predicted octanol–water partition coefficient (Wildman–Crippen LogP) is 25.4. The molecule has 16 aromatic carbocycles. The van der Waals surface area contributed by atoms with Gasteiger partial charge < -0.3 is 22.8 Å². The number of fused-ring (bicyclic) bond motifs is 15. The topological polar surface area (TPSA) is 48.4 Å². The van der Waals surface area contributed by atoms with Gasteiger partial charge in [-0.1, -0.05) is 261 Å². The zero-order valence-corrected chi connectivity index (χ0v) is 55.8. The van der Waals surface area contributed by atoms with Crippen LogP contribution >= 0.6 is 0 Å². The normalized spacial score (nSPS) is 11.9. The van der Waals surface area contributed by atoms with Crippen molar-refractivity contribution in [1.29, 1.82) is 5.26 Å². The van der Waals surface area contributed by atoms with Crippen molar-refractivity contribution < 1.29 is 0 Å². The fourth-order valence-corrected chi connectivity index (χ4v) is 17.0. The van der Waals surface area contributed by atoms with E-state index in [2.05, 4.69) is 393 Å². The van der Waals surface area contributed by atoms with E-state index in [4.69, 9.17) is 0 Å². The van der Waals surface area contributed by atoms with Crippen LogP contribution in [0, 0.1) is 11.3 Å². The van der Waals surface area contributed by atoms with Gasteiger partial charge in [0.2, 0.25) is 0 Å². The summed E-state index contributed by atoms with van der Waals surface area (Å²) in [6, 6.07) is 136. The zero-order valence-electron chi connectivity index (χ0n) is 55.8. The van der Waals surface area contributed by atoms with Gasteiger partial charge >= 0.3 is 0 Å². The summed E-state index contributed by atoms with van der Waals surface area (Å²) in [5, 5.41) is 24.5. The van der Waals surface area contributed by atoms with E-state index in [1.165, 1.54) is 0 Å². The molecule has 0 saturated heterocycles. The fourth-order valence-electron chi connectivity index (χ4n) is 17.0. The summed E-state index contributed by atoms with van der Waals surface area (Å²) < 4.78 is 12.3. The molecule has 0 aliphatic heterocycles. The lowest BCUT2D eigenvalue weighted by molar-refractivity contribution is 1.04. The summed E-state index contributed by atoms with van der Waals surface area (Å²) in [4.78, 5) is 0. The summed E-state index contributed by atoms with van der Waals surface area (Å²) in [7, 11) is 0. The van der Waals surface area contributed by atoms with E-state index in [-0.39, 0.29) is 0 Å². The maximum atomic E-state index is 13.6. The third kappa shape index (κ3) is 8.80. The Morgan fingerprint density at radius 3 is 0.718 bits per heavy atom. The number of hydrogen-bond acceptors (Lipinski definition) is 1. The van der Waals surface area contributed by atoms with E-state index in [1.807, 2.05) is 0 Å². The van der Waals surface area contributed by atoms with E-state index in [0.29, 0.717) is 5.56 Å². The molecule has 5 aromatic heterocycles. The van der Waals surface area contributed by atoms with Gasteiger partial charge in [0.15, 0.2) is 0 Å². The highest BCUT2D eigenvalue weighted by molar-refractivity contribution is 6.20. The minimum Gasteiger partial charge on any atom is -0.309 e. The molecule has 0 bridgehead atoms. The maximum Gasteiger partial charge on any atom is 0.104 e. The Morgan fingerprint density at radius 2 is 0.398 bits per heavy atom. The number of nitriles is 1. The quantitative estimate of drug-likeness (QED) is 0.135. The highest BCUT2D eigenvalue weighted by atomic mass is 15.1. The molecule has 0 atom stereocenters. The first kappa shape index (κ1) is 58.0. The zero-order chi connectivity index (χ0) is 67.8. The molecule has 0 fully saturated rings. The number of benzene rings is 16. The monoisotopic (exact) mass is 1310 g/mol. The second kappa shape index (κ2) is 23.1. The van der Waals surface area contributed by atoms with Gasteiger partial charge in [0.1, 0.15) is 11.6 Å². The van der Waals surface area contributed by atoms with Crippen molar-refractivity contribution in [1.82, 2.24) is 22.8 Å². The van der Waals surface area contributed by atoms with Crippen molar-refractivity contribution in [2.75, 3.05) is 0 Å². The molecule has 6 heteroatoms. The van der Waals surface area contributed by atoms with Crippen LogP contribution < -0.4 is 0 Å². The number of hydrogen-bond donors (Lipinski definition) is 0. The lowest BCUT2D eigenvalue weighted by Gasteiger charge is -2.29. The number of nitrogens with zero attached hydrogens (tertiary/aromatic N) is 6. The van der Waals surface area contributed by atoms with Crippen LogP contribution in [0.5, 0.6) is 0 Å². The smallest absolute Gasteiger partial charge is 0.104 e. The van der Waals surface area contributed by atoms with Crippen LogP contribution in [0.2, 0.25) is 0 Å². The second-order valence-electron chi connectivity index (χ2n) is 27.0. The highest BCUT2D eigenvalue weighted by Gasteiger charge is 2.36. The molecule has 103 heavy (non-hydrogen) atoms. The number of aromatic nitrogens is 5. The molecule has 21 rings (SSSR count). The Morgan fingerprint density at radius 1 is 0.175 bits per heavy atom. The van der Waals surface area contributed by atoms with Gasteiger partial charge in [0, 0.05) is 65.1 Å². The minimum absolute atomic E-state index is 0.502. The fraction of sp³-hybridized carbons (Fsp3) is 0. The van der Waals surface area contributed by atoms with Crippen molar-refractivity contribution in [2.24, 2.45) is 0 Å². The molecule has 0 spiro atoms. The molecule has 0 unspecified atom stereocenters. The summed E-state index contributed by atoms with van der Waals surface area (Å²) >= 11 is 0. The molecule has 478 valence electrons. The first-order valence-electron chi connectivity index (χ1n) is 35.2. The van der Waals surface area contributed by atoms with Crippen LogP contribution in [0.15, 0.2) is 364 Å². The van der Waals surface area contributed by atoms with E-state index in [1.54, 1.807) is 0 Å². The summed E-state index contributed by atoms with van der Waals surface area (Å²) in [6.45, 7) is 0. The molecular weight excluding hydrogens is 1250 g/mol. The van der Waals surface area contributed by atoms with E-state index in [0.717, 1.165) is 193 Å². The molecule has 0 saturated carbocycles. The number of rotatable bonds is 10. The summed E-state index contributed by atoms with van der Waals surface area (Å²) in [5.41, 5.74) is 25.7. The third-order valence-electron chi connectivity index (χ3n) is 21.5. The van der Waals surface area contributed by atoms with Gasteiger partial charge in [0.25, 0.3) is 0 Å². The summed E-state index contributed by atoms with van der Waals surface area (Å²) in [5.74, 6) is 0. The van der Waals surface area contributed by atoms with Crippen molar-refractivity contribution in [3.63, 3.8) is 0 Å². The summed E-state index contributed by atoms with van der Waals surface area (Å²) in [6.07, 6.45) is 0. The van der Waals surface area contributed by atoms with Crippen LogP contribution in [-0.4, -0.2) is 22.8 Å². The average Bonchev–Trinajstić information content (AvgIpc) is 1.57. The van der Waals surface area contributed by atoms with Crippen molar-refractivity contribution >= 4 is 109 Å². The van der Waals surface area contributed by atoms with Gasteiger partial charge in [-0.05, 0) is 153 Å². The molecule has 0 aliphatic rings. The van der Waals surface area contributed by atoms with Crippen LogP contribution in [0.25, 0.3) is 193 Å². The SMILES string of the molecule is N#Cc1c(-n2c3ccccc3c3ccccc32)c(-n2c3ccc(-c4ccccc4)cc3c3cc(-c4ccccc4)ccc32)c(-c2ccc3c(c2)c2ccccc2n3-c2ccccc2)c(-n2c3ccc(-c4ccccc4)cc3c3cc(-c4ccccc4)ccc32)c1-n1c2ccccc2c2ccccc21. The van der Waals surface area contributed by atoms with E-state index in [9.17, 15) is 5.26 Å². The Labute approximate surface area is 593 Å². The van der Waals surface area contributed by atoms with Gasteiger partial charge in [-0.3, -0.25) is 0 Å².